The fraction of sp³-hybridized carbons (Fsp3) is 0.458. The molecule has 2 N–H and O–H groups in total. The molecule has 8 nitrogen and oxygen atoms in total. The average Bonchev–Trinajstić information content (AvgIpc) is 2.84. The maximum Gasteiger partial charge on any atom is 0.261 e. The Labute approximate surface area is 197 Å². The molecular formula is C24H34N4O4S. The molecule has 1 aliphatic heterocycles. The first-order chi connectivity index (χ1) is 15.9. The molecule has 180 valence electrons. The van der Waals surface area contributed by atoms with Crippen molar-refractivity contribution in [1.29, 1.82) is 0 Å². The molecule has 1 aliphatic rings. The van der Waals surface area contributed by atoms with E-state index in [0.29, 0.717) is 30.1 Å². The van der Waals surface area contributed by atoms with Crippen molar-refractivity contribution in [3.63, 3.8) is 0 Å². The normalized spacial score (nSPS) is 14.1. The van der Waals surface area contributed by atoms with Crippen LogP contribution in [0.25, 0.3) is 0 Å². The molecule has 0 saturated carbocycles. The minimum Gasteiger partial charge on any atom is -0.497 e. The predicted octanol–water partition coefficient (Wildman–Crippen LogP) is 3.17. The van der Waals surface area contributed by atoms with Gasteiger partial charge in [0.05, 0.1) is 23.4 Å². The lowest BCUT2D eigenvalue weighted by atomic mass is 10.1. The highest BCUT2D eigenvalue weighted by Gasteiger charge is 2.22. The highest BCUT2D eigenvalue weighted by atomic mass is 32.2. The molecule has 0 aromatic heterocycles. The van der Waals surface area contributed by atoms with Gasteiger partial charge in [0.2, 0.25) is 0 Å². The van der Waals surface area contributed by atoms with Gasteiger partial charge in [0.25, 0.3) is 15.9 Å². The topological polar surface area (TPSA) is 91.0 Å². The molecular weight excluding hydrogens is 440 g/mol. The first kappa shape index (κ1) is 24.9. The summed E-state index contributed by atoms with van der Waals surface area (Å²) in [6.45, 7) is 8.45. The Morgan fingerprint density at radius 3 is 2.42 bits per heavy atom. The monoisotopic (exact) mass is 474 g/mol. The smallest absolute Gasteiger partial charge is 0.261 e. The summed E-state index contributed by atoms with van der Waals surface area (Å²) in [5.74, 6) is 0.484. The van der Waals surface area contributed by atoms with E-state index in [2.05, 4.69) is 21.9 Å². The number of carbonyl (C=O) groups excluding carboxylic acids is 1. The molecule has 1 amide bonds. The standard InChI is InChI=1S/C24H34N4O4S/c1-4-6-15-27(5-2)24(29)19-7-12-23(28-16-13-25-14-17-28)22(18-19)26-33(30,31)21-10-8-20(32-3)9-11-21/h7-12,18,25-26H,4-6,13-17H2,1-3H3. The summed E-state index contributed by atoms with van der Waals surface area (Å²) in [4.78, 5) is 17.2. The zero-order valence-corrected chi connectivity index (χ0v) is 20.5. The van der Waals surface area contributed by atoms with E-state index >= 15 is 0 Å². The molecule has 0 radical (unpaired) electrons. The third-order valence-corrected chi connectivity index (χ3v) is 7.15. The predicted molar refractivity (Wildman–Crippen MR) is 132 cm³/mol. The lowest BCUT2D eigenvalue weighted by molar-refractivity contribution is 0.0762. The number of rotatable bonds is 10. The highest BCUT2D eigenvalue weighted by Crippen LogP contribution is 2.31. The summed E-state index contributed by atoms with van der Waals surface area (Å²) in [7, 11) is -2.32. The fourth-order valence-corrected chi connectivity index (χ4v) is 4.89. The second kappa shape index (κ2) is 11.4. The summed E-state index contributed by atoms with van der Waals surface area (Å²) < 4.78 is 34.2. The number of anilines is 2. The van der Waals surface area contributed by atoms with Crippen LogP contribution in [0.5, 0.6) is 5.75 Å². The van der Waals surface area contributed by atoms with E-state index in [0.717, 1.165) is 44.7 Å². The molecule has 2 aromatic rings. The number of hydrogen-bond acceptors (Lipinski definition) is 6. The zero-order chi connectivity index (χ0) is 23.8. The number of methoxy groups -OCH3 is 1. The molecule has 1 heterocycles. The Morgan fingerprint density at radius 2 is 1.82 bits per heavy atom. The molecule has 0 unspecified atom stereocenters. The van der Waals surface area contributed by atoms with E-state index in [1.807, 2.05) is 13.0 Å². The number of sulfonamides is 1. The minimum atomic E-state index is -3.85. The summed E-state index contributed by atoms with van der Waals surface area (Å²) in [6.07, 6.45) is 1.92. The second-order valence-electron chi connectivity index (χ2n) is 7.99. The van der Waals surface area contributed by atoms with E-state index < -0.39 is 10.0 Å². The number of ether oxygens (including phenoxy) is 1. The van der Waals surface area contributed by atoms with Gasteiger partial charge in [-0.05, 0) is 55.8 Å². The molecule has 3 rings (SSSR count). The summed E-state index contributed by atoms with van der Waals surface area (Å²) in [6, 6.07) is 11.5. The fourth-order valence-electron chi connectivity index (χ4n) is 3.83. The van der Waals surface area contributed by atoms with Crippen LogP contribution in [-0.4, -0.2) is 65.6 Å². The van der Waals surface area contributed by atoms with Crippen molar-refractivity contribution in [3.8, 4) is 5.75 Å². The molecule has 0 atom stereocenters. The first-order valence-corrected chi connectivity index (χ1v) is 12.9. The van der Waals surface area contributed by atoms with Crippen molar-refractivity contribution < 1.29 is 17.9 Å². The number of carbonyl (C=O) groups is 1. The summed E-state index contributed by atoms with van der Waals surface area (Å²) in [5.41, 5.74) is 1.64. The number of unbranched alkanes of at least 4 members (excludes halogenated alkanes) is 1. The van der Waals surface area contributed by atoms with Gasteiger partial charge in [-0.15, -0.1) is 0 Å². The zero-order valence-electron chi connectivity index (χ0n) is 19.6. The van der Waals surface area contributed by atoms with E-state index in [-0.39, 0.29) is 10.8 Å². The maximum atomic E-state index is 13.2. The number of amides is 1. The number of benzene rings is 2. The van der Waals surface area contributed by atoms with Gasteiger partial charge in [-0.3, -0.25) is 9.52 Å². The van der Waals surface area contributed by atoms with Crippen LogP contribution in [0.2, 0.25) is 0 Å². The minimum absolute atomic E-state index is 0.0947. The highest BCUT2D eigenvalue weighted by molar-refractivity contribution is 7.92. The van der Waals surface area contributed by atoms with Gasteiger partial charge in [-0.25, -0.2) is 8.42 Å². The van der Waals surface area contributed by atoms with Crippen LogP contribution in [-0.2, 0) is 10.0 Å². The van der Waals surface area contributed by atoms with Crippen molar-refractivity contribution >= 4 is 27.3 Å². The molecule has 2 aromatic carbocycles. The molecule has 33 heavy (non-hydrogen) atoms. The van der Waals surface area contributed by atoms with Crippen LogP contribution in [0.15, 0.2) is 47.4 Å². The number of nitrogens with one attached hydrogen (secondary N) is 2. The molecule has 0 aliphatic carbocycles. The number of piperazine rings is 1. The van der Waals surface area contributed by atoms with E-state index in [4.69, 9.17) is 4.74 Å². The average molecular weight is 475 g/mol. The second-order valence-corrected chi connectivity index (χ2v) is 9.67. The van der Waals surface area contributed by atoms with Gasteiger partial charge < -0.3 is 19.9 Å². The third kappa shape index (κ3) is 6.17. The van der Waals surface area contributed by atoms with Crippen molar-refractivity contribution in [2.75, 3.05) is 56.0 Å². The van der Waals surface area contributed by atoms with Crippen LogP contribution in [0.4, 0.5) is 11.4 Å². The van der Waals surface area contributed by atoms with Crippen molar-refractivity contribution in [1.82, 2.24) is 10.2 Å². The van der Waals surface area contributed by atoms with E-state index in [9.17, 15) is 13.2 Å². The SMILES string of the molecule is CCCCN(CC)C(=O)c1ccc(N2CCNCC2)c(NS(=O)(=O)c2ccc(OC)cc2)c1. The van der Waals surface area contributed by atoms with Crippen LogP contribution < -0.4 is 19.7 Å². The van der Waals surface area contributed by atoms with Crippen LogP contribution in [0.1, 0.15) is 37.0 Å². The molecule has 9 heteroatoms. The Morgan fingerprint density at radius 1 is 1.12 bits per heavy atom. The van der Waals surface area contributed by atoms with Gasteiger partial charge in [0.15, 0.2) is 0 Å². The van der Waals surface area contributed by atoms with Gasteiger partial charge in [-0.2, -0.15) is 0 Å². The third-order valence-electron chi connectivity index (χ3n) is 5.77. The van der Waals surface area contributed by atoms with Crippen LogP contribution >= 0.6 is 0 Å². The first-order valence-electron chi connectivity index (χ1n) is 11.5. The molecule has 1 fully saturated rings. The lowest BCUT2D eigenvalue weighted by Gasteiger charge is -2.31. The summed E-state index contributed by atoms with van der Waals surface area (Å²) in [5, 5.41) is 3.31. The Kier molecular flexibility index (Phi) is 8.57. The van der Waals surface area contributed by atoms with Gasteiger partial charge in [-0.1, -0.05) is 13.3 Å². The molecule has 0 bridgehead atoms. The van der Waals surface area contributed by atoms with Crippen molar-refractivity contribution in [3.05, 3.63) is 48.0 Å². The molecule has 0 spiro atoms. The Balaban J connectivity index is 1.96. The summed E-state index contributed by atoms with van der Waals surface area (Å²) >= 11 is 0. The number of nitrogens with zero attached hydrogens (tertiary/aromatic N) is 2. The Bertz CT molecular complexity index is 1030. The van der Waals surface area contributed by atoms with E-state index in [1.165, 1.54) is 19.2 Å². The van der Waals surface area contributed by atoms with Crippen LogP contribution in [0, 0.1) is 0 Å². The maximum absolute atomic E-state index is 13.2. The largest absolute Gasteiger partial charge is 0.497 e. The van der Waals surface area contributed by atoms with Gasteiger partial charge in [0.1, 0.15) is 5.75 Å². The molecule has 1 saturated heterocycles. The Hall–Kier alpha value is -2.78. The van der Waals surface area contributed by atoms with Crippen LogP contribution in [0.3, 0.4) is 0 Å². The van der Waals surface area contributed by atoms with Gasteiger partial charge >= 0.3 is 0 Å². The quantitative estimate of drug-likeness (QED) is 0.550. The lowest BCUT2D eigenvalue weighted by Crippen LogP contribution is -2.43. The van der Waals surface area contributed by atoms with E-state index in [1.54, 1.807) is 29.2 Å². The van der Waals surface area contributed by atoms with Gasteiger partial charge in [0, 0.05) is 44.8 Å². The van der Waals surface area contributed by atoms with Crippen molar-refractivity contribution in [2.24, 2.45) is 0 Å². The van der Waals surface area contributed by atoms with Crippen molar-refractivity contribution in [2.45, 2.75) is 31.6 Å². The number of hydrogen-bond donors (Lipinski definition) is 2.